The summed E-state index contributed by atoms with van der Waals surface area (Å²) in [5.41, 5.74) is 4.74. The van der Waals surface area contributed by atoms with Crippen molar-refractivity contribution in [1.29, 1.82) is 0 Å². The third-order valence-electron chi connectivity index (χ3n) is 5.38. The molecule has 148 valence electrons. The lowest BCUT2D eigenvalue weighted by Crippen LogP contribution is -2.24. The van der Waals surface area contributed by atoms with E-state index >= 15 is 0 Å². The molecule has 0 saturated carbocycles. The molecule has 29 heavy (non-hydrogen) atoms. The summed E-state index contributed by atoms with van der Waals surface area (Å²) in [7, 11) is 5.02. The van der Waals surface area contributed by atoms with Crippen LogP contribution in [0.4, 0.5) is 0 Å². The molecule has 1 N–H and O–H groups in total. The molecule has 0 fully saturated rings. The zero-order valence-electron chi connectivity index (χ0n) is 17.0. The van der Waals surface area contributed by atoms with E-state index in [1.165, 1.54) is 15.4 Å². The Bertz CT molecular complexity index is 1150. The van der Waals surface area contributed by atoms with Crippen molar-refractivity contribution < 1.29 is 14.7 Å². The van der Waals surface area contributed by atoms with E-state index in [1.54, 1.807) is 27.3 Å². The second kappa shape index (κ2) is 6.88. The number of aromatic hydroxyl groups is 1. The fourth-order valence-electron chi connectivity index (χ4n) is 3.83. The number of benzene rings is 2. The number of hydrogen-bond acceptors (Lipinski definition) is 4. The van der Waals surface area contributed by atoms with Crippen molar-refractivity contribution in [2.75, 3.05) is 21.1 Å². The number of amides is 2. The first-order valence-electron chi connectivity index (χ1n) is 9.47. The van der Waals surface area contributed by atoms with Crippen molar-refractivity contribution >= 4 is 22.7 Å². The molecule has 2 aromatic carbocycles. The van der Waals surface area contributed by atoms with Crippen molar-refractivity contribution in [3.63, 3.8) is 0 Å². The Balaban J connectivity index is 1.93. The van der Waals surface area contributed by atoms with E-state index in [0.717, 1.165) is 11.1 Å². The van der Waals surface area contributed by atoms with Gasteiger partial charge in [0.15, 0.2) is 5.75 Å². The van der Waals surface area contributed by atoms with Gasteiger partial charge in [0, 0.05) is 44.8 Å². The maximum absolute atomic E-state index is 13.0. The van der Waals surface area contributed by atoms with Crippen LogP contribution < -0.4 is 0 Å². The third kappa shape index (κ3) is 3.10. The van der Waals surface area contributed by atoms with E-state index in [2.05, 4.69) is 29.2 Å². The van der Waals surface area contributed by atoms with Crippen LogP contribution in [-0.2, 0) is 13.0 Å². The van der Waals surface area contributed by atoms with Crippen LogP contribution in [0.3, 0.4) is 0 Å². The molecule has 1 aromatic heterocycles. The molecule has 0 atom stereocenters. The molecule has 2 heterocycles. The van der Waals surface area contributed by atoms with E-state index in [1.807, 2.05) is 13.0 Å². The molecule has 0 bridgehead atoms. The molecule has 3 aromatic rings. The fraction of sp³-hybridized carbons (Fsp3) is 0.261. The number of pyridine rings is 1. The van der Waals surface area contributed by atoms with Gasteiger partial charge in [-0.05, 0) is 30.5 Å². The third-order valence-corrected chi connectivity index (χ3v) is 5.38. The summed E-state index contributed by atoms with van der Waals surface area (Å²) < 4.78 is 0. The molecule has 0 radical (unpaired) electrons. The Morgan fingerprint density at radius 1 is 1.21 bits per heavy atom. The zero-order valence-corrected chi connectivity index (χ0v) is 17.0. The van der Waals surface area contributed by atoms with Gasteiger partial charge in [0.25, 0.3) is 11.8 Å². The molecule has 6 nitrogen and oxygen atoms in total. The second-order valence-electron chi connectivity index (χ2n) is 7.84. The van der Waals surface area contributed by atoms with E-state index in [0.29, 0.717) is 22.9 Å². The van der Waals surface area contributed by atoms with Gasteiger partial charge >= 0.3 is 0 Å². The number of carbonyl (C=O) groups is 2. The van der Waals surface area contributed by atoms with Gasteiger partial charge in [-0.1, -0.05) is 29.8 Å². The number of nitrogens with zero attached hydrogens (tertiary/aromatic N) is 3. The van der Waals surface area contributed by atoms with Gasteiger partial charge in [0.2, 0.25) is 0 Å². The first-order valence-corrected chi connectivity index (χ1v) is 9.47. The van der Waals surface area contributed by atoms with Crippen LogP contribution in [0.1, 0.15) is 43.0 Å². The number of phenolic OH excluding ortho intramolecular Hbond substituents is 1. The highest BCUT2D eigenvalue weighted by atomic mass is 16.3. The average molecular weight is 389 g/mol. The molecule has 0 saturated heterocycles. The van der Waals surface area contributed by atoms with Gasteiger partial charge in [-0.15, -0.1) is 0 Å². The predicted molar refractivity (Wildman–Crippen MR) is 111 cm³/mol. The Morgan fingerprint density at radius 2 is 1.90 bits per heavy atom. The Labute approximate surface area is 169 Å². The maximum atomic E-state index is 13.0. The molecule has 0 spiro atoms. The van der Waals surface area contributed by atoms with Gasteiger partial charge in [0.05, 0.1) is 11.1 Å². The number of fused-ring (bicyclic) bond motifs is 2. The van der Waals surface area contributed by atoms with Crippen molar-refractivity contribution in [2.24, 2.45) is 0 Å². The Morgan fingerprint density at radius 3 is 2.55 bits per heavy atom. The van der Waals surface area contributed by atoms with E-state index in [-0.39, 0.29) is 35.2 Å². The van der Waals surface area contributed by atoms with Crippen LogP contribution in [0.15, 0.2) is 36.5 Å². The van der Waals surface area contributed by atoms with Gasteiger partial charge in [0.1, 0.15) is 5.52 Å². The SMILES string of the molecule is Cc1ccc(Cc2cnc3c(O)c4c(c(C(=O)N(C)C)c3c2)CN(C)C4=O)cc1. The number of carbonyl (C=O) groups excluding carboxylic acids is 2. The summed E-state index contributed by atoms with van der Waals surface area (Å²) >= 11 is 0. The largest absolute Gasteiger partial charge is 0.505 e. The number of aryl methyl sites for hydroxylation is 1. The molecule has 1 aliphatic heterocycles. The maximum Gasteiger partial charge on any atom is 0.258 e. The van der Waals surface area contributed by atoms with Gasteiger partial charge in [-0.25, -0.2) is 0 Å². The minimum atomic E-state index is -0.294. The van der Waals surface area contributed by atoms with Gasteiger partial charge in [-0.2, -0.15) is 0 Å². The fourth-order valence-corrected chi connectivity index (χ4v) is 3.83. The van der Waals surface area contributed by atoms with Crippen LogP contribution in [0, 0.1) is 6.92 Å². The number of phenols is 1. The lowest BCUT2D eigenvalue weighted by molar-refractivity contribution is 0.0806. The molecule has 0 aliphatic carbocycles. The minimum absolute atomic E-state index is 0.151. The summed E-state index contributed by atoms with van der Waals surface area (Å²) in [5, 5.41) is 11.4. The van der Waals surface area contributed by atoms with Crippen molar-refractivity contribution in [2.45, 2.75) is 19.9 Å². The van der Waals surface area contributed by atoms with E-state index < -0.39 is 0 Å². The van der Waals surface area contributed by atoms with Crippen LogP contribution in [0.5, 0.6) is 5.75 Å². The summed E-state index contributed by atoms with van der Waals surface area (Å²) in [6, 6.07) is 10.2. The first kappa shape index (κ1) is 18.9. The first-order chi connectivity index (χ1) is 13.8. The van der Waals surface area contributed by atoms with Crippen LogP contribution in [-0.4, -0.2) is 52.8 Å². The molecule has 1 aliphatic rings. The minimum Gasteiger partial charge on any atom is -0.505 e. The highest BCUT2D eigenvalue weighted by Gasteiger charge is 2.35. The highest BCUT2D eigenvalue weighted by Crippen LogP contribution is 2.39. The molecule has 4 rings (SSSR count). The Kier molecular flexibility index (Phi) is 4.49. The molecule has 0 unspecified atom stereocenters. The summed E-state index contributed by atoms with van der Waals surface area (Å²) in [5.74, 6) is -0.650. The van der Waals surface area contributed by atoms with E-state index in [4.69, 9.17) is 0 Å². The van der Waals surface area contributed by atoms with Gasteiger partial charge in [-0.3, -0.25) is 14.6 Å². The molecule has 6 heteroatoms. The number of hydrogen-bond donors (Lipinski definition) is 1. The van der Waals surface area contributed by atoms with E-state index in [9.17, 15) is 14.7 Å². The number of rotatable bonds is 3. The summed E-state index contributed by atoms with van der Waals surface area (Å²) in [6.07, 6.45) is 2.36. The molecular formula is C23H23N3O3. The summed E-state index contributed by atoms with van der Waals surface area (Å²) in [4.78, 5) is 33.0. The van der Waals surface area contributed by atoms with Crippen molar-refractivity contribution in [3.8, 4) is 5.75 Å². The monoisotopic (exact) mass is 389 g/mol. The lowest BCUT2D eigenvalue weighted by atomic mass is 9.94. The zero-order chi connectivity index (χ0) is 20.9. The summed E-state index contributed by atoms with van der Waals surface area (Å²) in [6.45, 7) is 2.33. The normalized spacial score (nSPS) is 13.1. The van der Waals surface area contributed by atoms with Gasteiger partial charge < -0.3 is 14.9 Å². The second-order valence-corrected chi connectivity index (χ2v) is 7.84. The standard InChI is InChI=1S/C23H23N3O3/c1-13-5-7-14(8-6-13)9-15-10-16-18(22(28)25(2)3)17-12-26(4)23(29)19(17)21(27)20(16)24-11-15/h5-8,10-11,27H,9,12H2,1-4H3. The Hall–Kier alpha value is -3.41. The highest BCUT2D eigenvalue weighted by molar-refractivity contribution is 6.15. The molecular weight excluding hydrogens is 366 g/mol. The van der Waals surface area contributed by atoms with Crippen molar-refractivity contribution in [3.05, 3.63) is 69.9 Å². The average Bonchev–Trinajstić information content (AvgIpc) is 2.98. The van der Waals surface area contributed by atoms with Crippen LogP contribution >= 0.6 is 0 Å². The molecule has 2 amide bonds. The topological polar surface area (TPSA) is 73.7 Å². The lowest BCUT2D eigenvalue weighted by Gasteiger charge is -2.17. The smallest absolute Gasteiger partial charge is 0.258 e. The number of aromatic nitrogens is 1. The predicted octanol–water partition coefficient (Wildman–Crippen LogP) is 3.13. The van der Waals surface area contributed by atoms with Crippen LogP contribution in [0.2, 0.25) is 0 Å². The van der Waals surface area contributed by atoms with Crippen LogP contribution in [0.25, 0.3) is 10.9 Å². The quantitative estimate of drug-likeness (QED) is 0.747. The van der Waals surface area contributed by atoms with Crippen molar-refractivity contribution in [1.82, 2.24) is 14.8 Å².